The van der Waals surface area contributed by atoms with Crippen molar-refractivity contribution in [1.29, 1.82) is 0 Å². The Hall–Kier alpha value is -2.13. The molecule has 0 radical (unpaired) electrons. The lowest BCUT2D eigenvalue weighted by molar-refractivity contribution is -0.113. The number of methoxy groups -OCH3 is 1. The highest BCUT2D eigenvalue weighted by atomic mass is 32.2. The van der Waals surface area contributed by atoms with Crippen molar-refractivity contribution in [2.75, 3.05) is 18.2 Å². The summed E-state index contributed by atoms with van der Waals surface area (Å²) in [5.41, 5.74) is 2.00. The zero-order chi connectivity index (χ0) is 21.7. The second kappa shape index (κ2) is 10.3. The van der Waals surface area contributed by atoms with Gasteiger partial charge in [-0.15, -0.1) is 11.3 Å². The van der Waals surface area contributed by atoms with Crippen molar-refractivity contribution in [3.8, 4) is 0 Å². The van der Waals surface area contributed by atoms with E-state index in [0.29, 0.717) is 21.6 Å². The van der Waals surface area contributed by atoms with Crippen LogP contribution in [0.2, 0.25) is 0 Å². The van der Waals surface area contributed by atoms with Crippen LogP contribution >= 0.6 is 23.1 Å². The number of esters is 1. The molecule has 0 aliphatic heterocycles. The number of carbonyl (C=O) groups is 2. The molecule has 1 atom stereocenters. The van der Waals surface area contributed by atoms with Gasteiger partial charge in [-0.2, -0.15) is 0 Å². The minimum absolute atomic E-state index is 0.0831. The van der Waals surface area contributed by atoms with Gasteiger partial charge >= 0.3 is 5.97 Å². The molecule has 30 heavy (non-hydrogen) atoms. The van der Waals surface area contributed by atoms with E-state index >= 15 is 0 Å². The van der Waals surface area contributed by atoms with Gasteiger partial charge in [0.1, 0.15) is 5.00 Å². The summed E-state index contributed by atoms with van der Waals surface area (Å²) >= 11 is 2.63. The summed E-state index contributed by atoms with van der Waals surface area (Å²) in [6.45, 7) is 4.27. The molecule has 0 saturated heterocycles. The SMILES string of the molecule is CCCCc1cc(=O)[nH]c(SCC(=O)Nc2sc3c(c2C(=O)OC)CCC(C)C3)n1. The van der Waals surface area contributed by atoms with E-state index in [2.05, 4.69) is 29.1 Å². The van der Waals surface area contributed by atoms with Crippen LogP contribution in [0, 0.1) is 5.92 Å². The first-order chi connectivity index (χ1) is 14.4. The normalized spacial score (nSPS) is 15.5. The van der Waals surface area contributed by atoms with E-state index in [-0.39, 0.29) is 17.2 Å². The molecule has 1 aliphatic carbocycles. The van der Waals surface area contributed by atoms with E-state index in [1.165, 1.54) is 36.3 Å². The summed E-state index contributed by atoms with van der Waals surface area (Å²) in [4.78, 5) is 45.0. The fraction of sp³-hybridized carbons (Fsp3) is 0.524. The number of fused-ring (bicyclic) bond motifs is 1. The smallest absolute Gasteiger partial charge is 0.341 e. The number of hydrogen-bond donors (Lipinski definition) is 2. The number of anilines is 1. The maximum Gasteiger partial charge on any atom is 0.341 e. The molecule has 1 unspecified atom stereocenters. The molecule has 2 heterocycles. The van der Waals surface area contributed by atoms with Gasteiger partial charge in [-0.3, -0.25) is 9.59 Å². The lowest BCUT2D eigenvalue weighted by atomic mass is 9.88. The van der Waals surface area contributed by atoms with Crippen LogP contribution in [-0.2, 0) is 28.8 Å². The first-order valence-electron chi connectivity index (χ1n) is 10.2. The van der Waals surface area contributed by atoms with Crippen molar-refractivity contribution < 1.29 is 14.3 Å². The zero-order valence-electron chi connectivity index (χ0n) is 17.5. The summed E-state index contributed by atoms with van der Waals surface area (Å²) in [5.74, 6) is -0.0265. The highest BCUT2D eigenvalue weighted by molar-refractivity contribution is 7.99. The number of thiophene rings is 1. The maximum atomic E-state index is 12.6. The Morgan fingerprint density at radius 3 is 2.97 bits per heavy atom. The monoisotopic (exact) mass is 449 g/mol. The molecule has 2 N–H and O–H groups in total. The molecular weight excluding hydrogens is 422 g/mol. The van der Waals surface area contributed by atoms with Gasteiger partial charge in [0.25, 0.3) is 5.56 Å². The van der Waals surface area contributed by atoms with Crippen molar-refractivity contribution in [1.82, 2.24) is 9.97 Å². The fourth-order valence-electron chi connectivity index (χ4n) is 3.49. The van der Waals surface area contributed by atoms with E-state index < -0.39 is 5.97 Å². The van der Waals surface area contributed by atoms with Crippen LogP contribution in [0.15, 0.2) is 16.0 Å². The molecule has 1 amide bonds. The predicted molar refractivity (Wildman–Crippen MR) is 120 cm³/mol. The van der Waals surface area contributed by atoms with Gasteiger partial charge < -0.3 is 15.0 Å². The van der Waals surface area contributed by atoms with Gasteiger partial charge in [0.15, 0.2) is 5.16 Å². The number of aromatic amines is 1. The van der Waals surface area contributed by atoms with Gasteiger partial charge in [-0.1, -0.05) is 32.0 Å². The molecule has 9 heteroatoms. The third-order valence-corrected chi connectivity index (χ3v) is 7.10. The third kappa shape index (κ3) is 5.51. The van der Waals surface area contributed by atoms with Crippen LogP contribution in [-0.4, -0.2) is 34.7 Å². The average Bonchev–Trinajstić information content (AvgIpc) is 3.06. The summed E-state index contributed by atoms with van der Waals surface area (Å²) < 4.78 is 4.96. The second-order valence-electron chi connectivity index (χ2n) is 7.53. The zero-order valence-corrected chi connectivity index (χ0v) is 19.1. The molecule has 162 valence electrons. The number of hydrogen-bond acceptors (Lipinski definition) is 7. The molecule has 1 aliphatic rings. The lowest BCUT2D eigenvalue weighted by Gasteiger charge is -2.18. The molecule has 2 aromatic rings. The number of H-pyrrole nitrogens is 1. The van der Waals surface area contributed by atoms with Gasteiger partial charge in [0.05, 0.1) is 18.4 Å². The van der Waals surface area contributed by atoms with Crippen LogP contribution in [0.3, 0.4) is 0 Å². The third-order valence-electron chi connectivity index (χ3n) is 5.05. The van der Waals surface area contributed by atoms with Crippen LogP contribution < -0.4 is 10.9 Å². The second-order valence-corrected chi connectivity index (χ2v) is 9.60. The molecule has 0 bridgehead atoms. The van der Waals surface area contributed by atoms with Crippen LogP contribution in [0.25, 0.3) is 0 Å². The fourth-order valence-corrected chi connectivity index (χ4v) is 5.60. The standard InChI is InChI=1S/C21H27N3O4S2/c1-4-5-6-13-10-16(25)24-21(22-13)29-11-17(26)23-19-18(20(27)28-3)14-8-7-12(2)9-15(14)30-19/h10,12H,4-9,11H2,1-3H3,(H,23,26)(H,22,24,25). The van der Waals surface area contributed by atoms with E-state index in [1.807, 2.05) is 0 Å². The molecule has 0 saturated carbocycles. The lowest BCUT2D eigenvalue weighted by Crippen LogP contribution is -2.18. The van der Waals surface area contributed by atoms with E-state index in [1.54, 1.807) is 0 Å². The number of thioether (sulfide) groups is 1. The minimum Gasteiger partial charge on any atom is -0.465 e. The van der Waals surface area contributed by atoms with Crippen molar-refractivity contribution >= 4 is 40.0 Å². The van der Waals surface area contributed by atoms with E-state index in [0.717, 1.165) is 54.7 Å². The first kappa shape index (κ1) is 22.6. The van der Waals surface area contributed by atoms with Crippen molar-refractivity contribution in [2.24, 2.45) is 5.92 Å². The van der Waals surface area contributed by atoms with Crippen molar-refractivity contribution in [3.63, 3.8) is 0 Å². The number of carbonyl (C=O) groups excluding carboxylic acids is 2. The molecule has 3 rings (SSSR count). The number of nitrogens with zero attached hydrogens (tertiary/aromatic N) is 1. The Bertz CT molecular complexity index is 983. The number of unbranched alkanes of at least 4 members (excludes halogenated alkanes) is 1. The number of aromatic nitrogens is 2. The van der Waals surface area contributed by atoms with Gasteiger partial charge in [-0.25, -0.2) is 9.78 Å². The van der Waals surface area contributed by atoms with Crippen LogP contribution in [0.4, 0.5) is 5.00 Å². The Morgan fingerprint density at radius 1 is 1.43 bits per heavy atom. The van der Waals surface area contributed by atoms with Gasteiger partial charge in [-0.05, 0) is 43.6 Å². The summed E-state index contributed by atoms with van der Waals surface area (Å²) in [6.07, 6.45) is 5.46. The summed E-state index contributed by atoms with van der Waals surface area (Å²) in [5, 5.41) is 3.84. The Balaban J connectivity index is 1.70. The molecular formula is C21H27N3O4S2. The summed E-state index contributed by atoms with van der Waals surface area (Å²) in [6, 6.07) is 1.50. The van der Waals surface area contributed by atoms with E-state index in [9.17, 15) is 14.4 Å². The van der Waals surface area contributed by atoms with E-state index in [4.69, 9.17) is 4.74 Å². The highest BCUT2D eigenvalue weighted by Gasteiger charge is 2.28. The topological polar surface area (TPSA) is 101 Å². The number of amides is 1. The number of rotatable bonds is 8. The highest BCUT2D eigenvalue weighted by Crippen LogP contribution is 2.40. The molecule has 2 aromatic heterocycles. The summed E-state index contributed by atoms with van der Waals surface area (Å²) in [7, 11) is 1.35. The van der Waals surface area contributed by atoms with Crippen LogP contribution in [0.1, 0.15) is 59.6 Å². The number of aryl methyl sites for hydroxylation is 1. The van der Waals surface area contributed by atoms with Crippen molar-refractivity contribution in [3.05, 3.63) is 38.1 Å². The first-order valence-corrected chi connectivity index (χ1v) is 12.0. The van der Waals surface area contributed by atoms with Gasteiger partial charge in [0.2, 0.25) is 5.91 Å². The Kier molecular flexibility index (Phi) is 7.71. The maximum absolute atomic E-state index is 12.6. The Morgan fingerprint density at radius 2 is 2.23 bits per heavy atom. The molecule has 0 aromatic carbocycles. The Labute approximate surface area is 184 Å². The van der Waals surface area contributed by atoms with Crippen molar-refractivity contribution in [2.45, 2.75) is 57.5 Å². The number of nitrogens with one attached hydrogen (secondary N) is 2. The molecule has 0 spiro atoms. The molecule has 7 nitrogen and oxygen atoms in total. The minimum atomic E-state index is -0.417. The largest absolute Gasteiger partial charge is 0.465 e. The average molecular weight is 450 g/mol. The number of ether oxygens (including phenoxy) is 1. The quantitative estimate of drug-likeness (QED) is 0.361. The van der Waals surface area contributed by atoms with Gasteiger partial charge in [0, 0.05) is 16.6 Å². The molecule has 0 fully saturated rings. The predicted octanol–water partition coefficient (Wildman–Crippen LogP) is 3.82. The van der Waals surface area contributed by atoms with Crippen LogP contribution in [0.5, 0.6) is 0 Å².